The molecule has 116 valence electrons. The molecule has 21 heavy (non-hydrogen) atoms. The van der Waals surface area contributed by atoms with Crippen molar-refractivity contribution in [3.05, 3.63) is 21.4 Å². The standard InChI is InChI=1S/C16H23NO3S/c1-16(2,15(19)20)10-17-14(18)13-9-11-7-5-3-4-6-8-12(11)21-13/h9H,3-8,10H2,1-2H3,(H,17,18)(H,19,20). The second kappa shape index (κ2) is 6.60. The summed E-state index contributed by atoms with van der Waals surface area (Å²) in [4.78, 5) is 25.3. The molecule has 0 atom stereocenters. The van der Waals surface area contributed by atoms with Crippen molar-refractivity contribution < 1.29 is 14.7 Å². The van der Waals surface area contributed by atoms with Crippen LogP contribution in [0.3, 0.4) is 0 Å². The van der Waals surface area contributed by atoms with E-state index in [4.69, 9.17) is 5.11 Å². The van der Waals surface area contributed by atoms with Gasteiger partial charge in [0.05, 0.1) is 10.3 Å². The molecule has 0 fully saturated rings. The number of carboxylic acids is 1. The highest BCUT2D eigenvalue weighted by Crippen LogP contribution is 2.28. The van der Waals surface area contributed by atoms with E-state index in [2.05, 4.69) is 5.32 Å². The lowest BCUT2D eigenvalue weighted by molar-refractivity contribution is -0.146. The van der Waals surface area contributed by atoms with Crippen molar-refractivity contribution in [1.82, 2.24) is 5.32 Å². The molecule has 0 unspecified atom stereocenters. The van der Waals surface area contributed by atoms with Crippen molar-refractivity contribution >= 4 is 23.2 Å². The topological polar surface area (TPSA) is 66.4 Å². The molecule has 2 N–H and O–H groups in total. The van der Waals surface area contributed by atoms with E-state index in [1.165, 1.54) is 36.1 Å². The number of rotatable bonds is 4. The van der Waals surface area contributed by atoms with Gasteiger partial charge in [0.25, 0.3) is 5.91 Å². The summed E-state index contributed by atoms with van der Waals surface area (Å²) < 4.78 is 0. The average Bonchev–Trinajstić information content (AvgIpc) is 2.78. The first-order valence-electron chi connectivity index (χ1n) is 7.53. The van der Waals surface area contributed by atoms with E-state index in [9.17, 15) is 9.59 Å². The Kier molecular flexibility index (Phi) is 5.04. The maximum absolute atomic E-state index is 12.2. The van der Waals surface area contributed by atoms with Gasteiger partial charge < -0.3 is 10.4 Å². The number of amides is 1. The predicted molar refractivity (Wildman–Crippen MR) is 83.9 cm³/mol. The summed E-state index contributed by atoms with van der Waals surface area (Å²) in [5, 5.41) is 11.8. The van der Waals surface area contributed by atoms with E-state index in [0.717, 1.165) is 12.8 Å². The van der Waals surface area contributed by atoms with Crippen LogP contribution in [0, 0.1) is 5.41 Å². The lowest BCUT2D eigenvalue weighted by Crippen LogP contribution is -2.38. The second-order valence-corrected chi connectivity index (χ2v) is 7.48. The molecule has 1 aromatic rings. The molecule has 2 rings (SSSR count). The quantitative estimate of drug-likeness (QED) is 0.897. The first-order valence-corrected chi connectivity index (χ1v) is 8.35. The fraction of sp³-hybridized carbons (Fsp3) is 0.625. The average molecular weight is 309 g/mol. The second-order valence-electron chi connectivity index (χ2n) is 6.34. The van der Waals surface area contributed by atoms with Gasteiger partial charge in [-0.2, -0.15) is 0 Å². The van der Waals surface area contributed by atoms with Crippen LogP contribution in [0.1, 0.15) is 59.6 Å². The van der Waals surface area contributed by atoms with Crippen LogP contribution in [-0.2, 0) is 17.6 Å². The number of hydrogen-bond donors (Lipinski definition) is 2. The van der Waals surface area contributed by atoms with Crippen LogP contribution in [0.4, 0.5) is 0 Å². The van der Waals surface area contributed by atoms with Crippen molar-refractivity contribution in [2.24, 2.45) is 5.41 Å². The SMILES string of the molecule is CC(C)(CNC(=O)c1cc2c(s1)CCCCCC2)C(=O)O. The van der Waals surface area contributed by atoms with Gasteiger partial charge in [0.2, 0.25) is 0 Å². The van der Waals surface area contributed by atoms with Crippen LogP contribution in [0.25, 0.3) is 0 Å². The molecule has 1 aromatic heterocycles. The first-order chi connectivity index (χ1) is 9.90. The first kappa shape index (κ1) is 16.0. The van der Waals surface area contributed by atoms with E-state index in [1.54, 1.807) is 25.2 Å². The van der Waals surface area contributed by atoms with Crippen LogP contribution in [0.15, 0.2) is 6.07 Å². The number of aliphatic carboxylic acids is 1. The van der Waals surface area contributed by atoms with Gasteiger partial charge >= 0.3 is 5.97 Å². The fourth-order valence-electron chi connectivity index (χ4n) is 2.42. The third-order valence-electron chi connectivity index (χ3n) is 3.99. The normalized spacial score (nSPS) is 15.7. The number of fused-ring (bicyclic) bond motifs is 1. The number of hydrogen-bond acceptors (Lipinski definition) is 3. The Balaban J connectivity index is 2.03. The van der Waals surface area contributed by atoms with Gasteiger partial charge in [-0.25, -0.2) is 0 Å². The van der Waals surface area contributed by atoms with E-state index >= 15 is 0 Å². The van der Waals surface area contributed by atoms with E-state index < -0.39 is 11.4 Å². The molecule has 1 aliphatic carbocycles. The molecule has 5 heteroatoms. The summed E-state index contributed by atoms with van der Waals surface area (Å²) in [7, 11) is 0. The predicted octanol–water partition coefficient (Wildman–Crippen LogP) is 3.25. The number of carbonyl (C=O) groups is 2. The molecule has 0 saturated carbocycles. The Hall–Kier alpha value is -1.36. The third kappa shape index (κ3) is 4.06. The Morgan fingerprint density at radius 1 is 1.24 bits per heavy atom. The molecule has 0 spiro atoms. The zero-order chi connectivity index (χ0) is 15.5. The van der Waals surface area contributed by atoms with Crippen LogP contribution < -0.4 is 5.32 Å². The molecule has 0 aromatic carbocycles. The maximum atomic E-state index is 12.2. The summed E-state index contributed by atoms with van der Waals surface area (Å²) in [5.74, 6) is -1.05. The van der Waals surface area contributed by atoms with Crippen molar-refractivity contribution in [3.8, 4) is 0 Å². The van der Waals surface area contributed by atoms with Gasteiger partial charge in [0.15, 0.2) is 0 Å². The smallest absolute Gasteiger partial charge is 0.310 e. The molecular formula is C16H23NO3S. The Bertz CT molecular complexity index is 508. The highest BCUT2D eigenvalue weighted by molar-refractivity contribution is 7.14. The molecule has 1 amide bonds. The molecule has 0 bridgehead atoms. The van der Waals surface area contributed by atoms with E-state index in [-0.39, 0.29) is 12.5 Å². The Morgan fingerprint density at radius 3 is 2.57 bits per heavy atom. The van der Waals surface area contributed by atoms with Crippen LogP contribution in [0.2, 0.25) is 0 Å². The molecule has 4 nitrogen and oxygen atoms in total. The van der Waals surface area contributed by atoms with Crippen molar-refractivity contribution in [1.29, 1.82) is 0 Å². The van der Waals surface area contributed by atoms with Crippen LogP contribution in [0.5, 0.6) is 0 Å². The summed E-state index contributed by atoms with van der Waals surface area (Å²) in [5.41, 5.74) is 0.365. The minimum absolute atomic E-state index is 0.143. The van der Waals surface area contributed by atoms with Gasteiger partial charge in [-0.3, -0.25) is 9.59 Å². The van der Waals surface area contributed by atoms with Gasteiger partial charge in [0.1, 0.15) is 0 Å². The summed E-state index contributed by atoms with van der Waals surface area (Å²) in [6.07, 6.45) is 7.04. The number of carbonyl (C=O) groups excluding carboxylic acids is 1. The third-order valence-corrected chi connectivity index (χ3v) is 5.23. The number of aryl methyl sites for hydroxylation is 2. The summed E-state index contributed by atoms with van der Waals surface area (Å²) in [6, 6.07) is 1.99. The molecule has 0 aliphatic heterocycles. The Morgan fingerprint density at radius 2 is 1.90 bits per heavy atom. The molecular weight excluding hydrogens is 286 g/mol. The van der Waals surface area contributed by atoms with Crippen molar-refractivity contribution in [2.75, 3.05) is 6.54 Å². The van der Waals surface area contributed by atoms with Crippen molar-refractivity contribution in [3.63, 3.8) is 0 Å². The minimum Gasteiger partial charge on any atom is -0.481 e. The van der Waals surface area contributed by atoms with Gasteiger partial charge in [-0.05, 0) is 51.2 Å². The molecule has 0 radical (unpaired) electrons. The van der Waals surface area contributed by atoms with Crippen LogP contribution >= 0.6 is 11.3 Å². The fourth-order valence-corrected chi connectivity index (χ4v) is 3.59. The van der Waals surface area contributed by atoms with Gasteiger partial charge in [-0.15, -0.1) is 11.3 Å². The monoisotopic (exact) mass is 309 g/mol. The van der Waals surface area contributed by atoms with Gasteiger partial charge in [-0.1, -0.05) is 12.8 Å². The highest BCUT2D eigenvalue weighted by atomic mass is 32.1. The summed E-state index contributed by atoms with van der Waals surface area (Å²) >= 11 is 1.57. The van der Waals surface area contributed by atoms with Crippen molar-refractivity contribution in [2.45, 2.75) is 52.4 Å². The number of carboxylic acid groups (broad SMARTS) is 1. The lowest BCUT2D eigenvalue weighted by Gasteiger charge is -2.19. The number of nitrogens with one attached hydrogen (secondary N) is 1. The van der Waals surface area contributed by atoms with E-state index in [0.29, 0.717) is 4.88 Å². The largest absolute Gasteiger partial charge is 0.481 e. The minimum atomic E-state index is -0.943. The maximum Gasteiger partial charge on any atom is 0.310 e. The molecule has 1 aliphatic rings. The summed E-state index contributed by atoms with van der Waals surface area (Å²) in [6.45, 7) is 3.37. The molecule has 1 heterocycles. The van der Waals surface area contributed by atoms with E-state index in [1.807, 2.05) is 6.07 Å². The number of thiophene rings is 1. The lowest BCUT2D eigenvalue weighted by atomic mass is 9.94. The zero-order valence-electron chi connectivity index (χ0n) is 12.7. The Labute approximate surface area is 129 Å². The molecule has 0 saturated heterocycles. The zero-order valence-corrected chi connectivity index (χ0v) is 13.5. The van der Waals surface area contributed by atoms with Gasteiger partial charge in [0, 0.05) is 11.4 Å². The highest BCUT2D eigenvalue weighted by Gasteiger charge is 2.28. The van der Waals surface area contributed by atoms with Crippen LogP contribution in [-0.4, -0.2) is 23.5 Å².